The molecule has 0 radical (unpaired) electrons. The highest BCUT2D eigenvalue weighted by Gasteiger charge is 2.17. The van der Waals surface area contributed by atoms with Crippen LogP contribution in [0.15, 0.2) is 36.4 Å². The highest BCUT2D eigenvalue weighted by molar-refractivity contribution is 5.94. The van der Waals surface area contributed by atoms with Crippen molar-refractivity contribution in [2.75, 3.05) is 11.4 Å². The van der Waals surface area contributed by atoms with Crippen molar-refractivity contribution in [1.82, 2.24) is 15.0 Å². The maximum atomic E-state index is 12.8. The number of benzene rings is 2. The smallest absolute Gasteiger partial charge is 0.248 e. The molecule has 0 aliphatic rings. The number of nitrogens with zero attached hydrogens (tertiary/aromatic N) is 4. The Hall–Kier alpha value is -2.69. The van der Waals surface area contributed by atoms with Gasteiger partial charge in [-0.1, -0.05) is 17.3 Å². The van der Waals surface area contributed by atoms with Crippen LogP contribution in [0.3, 0.4) is 0 Å². The number of anilines is 1. The Bertz CT molecular complexity index is 898. The highest BCUT2D eigenvalue weighted by atomic mass is 16.2. The Kier molecular flexibility index (Phi) is 4.34. The molecule has 1 amide bonds. The Morgan fingerprint density at radius 1 is 1.12 bits per heavy atom. The number of likely N-dealkylation sites (N-methyl/N-ethyl adjacent to an activating group) is 1. The summed E-state index contributed by atoms with van der Waals surface area (Å²) in [4.78, 5) is 14.6. The van der Waals surface area contributed by atoms with Gasteiger partial charge in [0.15, 0.2) is 0 Å². The fraction of sp³-hybridized carbons (Fsp3) is 0.316. The third-order valence-electron chi connectivity index (χ3n) is 4.35. The van der Waals surface area contributed by atoms with Crippen molar-refractivity contribution in [2.24, 2.45) is 0 Å². The van der Waals surface area contributed by atoms with E-state index in [2.05, 4.69) is 24.2 Å². The van der Waals surface area contributed by atoms with E-state index in [0.717, 1.165) is 22.3 Å². The van der Waals surface area contributed by atoms with Crippen LogP contribution in [0.4, 0.5) is 5.69 Å². The molecule has 1 aromatic heterocycles. The molecule has 0 N–H and O–H groups in total. The predicted octanol–water partition coefficient (Wildman–Crippen LogP) is 3.41. The zero-order valence-corrected chi connectivity index (χ0v) is 14.6. The molecule has 0 saturated carbocycles. The van der Waals surface area contributed by atoms with Crippen molar-refractivity contribution in [2.45, 2.75) is 34.2 Å². The van der Waals surface area contributed by atoms with Crippen molar-refractivity contribution < 1.29 is 4.79 Å². The summed E-state index contributed by atoms with van der Waals surface area (Å²) < 4.78 is 1.68. The van der Waals surface area contributed by atoms with Gasteiger partial charge in [0, 0.05) is 12.2 Å². The molecule has 1 heterocycles. The minimum atomic E-state index is 0.00753. The second-order valence-electron chi connectivity index (χ2n) is 6.15. The van der Waals surface area contributed by atoms with Gasteiger partial charge >= 0.3 is 0 Å². The van der Waals surface area contributed by atoms with Crippen LogP contribution in [0.5, 0.6) is 0 Å². The Labute approximate surface area is 141 Å². The summed E-state index contributed by atoms with van der Waals surface area (Å²) in [6, 6.07) is 12.0. The summed E-state index contributed by atoms with van der Waals surface area (Å²) in [6.07, 6.45) is 0. The van der Waals surface area contributed by atoms with Crippen LogP contribution in [0, 0.1) is 20.8 Å². The molecule has 3 rings (SSSR count). The van der Waals surface area contributed by atoms with Gasteiger partial charge in [-0.15, -0.1) is 5.10 Å². The molecule has 0 unspecified atom stereocenters. The van der Waals surface area contributed by atoms with E-state index < -0.39 is 0 Å². The van der Waals surface area contributed by atoms with Crippen molar-refractivity contribution in [3.05, 3.63) is 53.1 Å². The first-order chi connectivity index (χ1) is 11.5. The van der Waals surface area contributed by atoms with Gasteiger partial charge in [-0.2, -0.15) is 0 Å². The summed E-state index contributed by atoms with van der Waals surface area (Å²) in [5, 5.41) is 8.35. The maximum absolute atomic E-state index is 12.8. The molecular weight excluding hydrogens is 300 g/mol. The molecular formula is C19H22N4O. The molecule has 5 nitrogen and oxygen atoms in total. The third kappa shape index (κ3) is 3.02. The van der Waals surface area contributed by atoms with Crippen molar-refractivity contribution in [3.8, 4) is 0 Å². The lowest BCUT2D eigenvalue weighted by atomic mass is 10.1. The fourth-order valence-corrected chi connectivity index (χ4v) is 2.85. The van der Waals surface area contributed by atoms with E-state index in [1.807, 2.05) is 50.2 Å². The van der Waals surface area contributed by atoms with Crippen LogP contribution >= 0.6 is 0 Å². The van der Waals surface area contributed by atoms with E-state index in [0.29, 0.717) is 6.54 Å². The van der Waals surface area contributed by atoms with Gasteiger partial charge in [-0.3, -0.25) is 4.79 Å². The van der Waals surface area contributed by atoms with Crippen LogP contribution < -0.4 is 4.90 Å². The van der Waals surface area contributed by atoms with Gasteiger partial charge < -0.3 is 4.90 Å². The van der Waals surface area contributed by atoms with E-state index in [-0.39, 0.29) is 12.5 Å². The summed E-state index contributed by atoms with van der Waals surface area (Å²) in [7, 11) is 0. The largest absolute Gasteiger partial charge is 0.311 e. The van der Waals surface area contributed by atoms with E-state index >= 15 is 0 Å². The normalized spacial score (nSPS) is 11.0. The first kappa shape index (κ1) is 16.2. The predicted molar refractivity (Wildman–Crippen MR) is 96.2 cm³/mol. The molecule has 0 spiro atoms. The molecule has 124 valence electrons. The molecule has 0 bridgehead atoms. The average Bonchev–Trinajstić information content (AvgIpc) is 2.91. The summed E-state index contributed by atoms with van der Waals surface area (Å²) >= 11 is 0. The number of carbonyl (C=O) groups is 1. The minimum Gasteiger partial charge on any atom is -0.311 e. The Morgan fingerprint density at radius 3 is 2.58 bits per heavy atom. The second-order valence-corrected chi connectivity index (χ2v) is 6.15. The molecule has 0 atom stereocenters. The number of hydrogen-bond donors (Lipinski definition) is 0. The zero-order chi connectivity index (χ0) is 17.3. The topological polar surface area (TPSA) is 51.0 Å². The van der Waals surface area contributed by atoms with Crippen molar-refractivity contribution in [3.63, 3.8) is 0 Å². The van der Waals surface area contributed by atoms with E-state index in [1.165, 1.54) is 11.1 Å². The second kappa shape index (κ2) is 6.43. The SMILES string of the molecule is CCN(C(=O)Cn1nnc2cc(C)c(C)cc21)c1cccc(C)c1. The van der Waals surface area contributed by atoms with Gasteiger partial charge in [-0.25, -0.2) is 4.68 Å². The van der Waals surface area contributed by atoms with E-state index in [4.69, 9.17) is 0 Å². The summed E-state index contributed by atoms with van der Waals surface area (Å²) in [6.45, 7) is 8.91. The number of aromatic nitrogens is 3. The lowest BCUT2D eigenvalue weighted by Crippen LogP contribution is -2.34. The van der Waals surface area contributed by atoms with Crippen LogP contribution in [0.25, 0.3) is 11.0 Å². The monoisotopic (exact) mass is 322 g/mol. The van der Waals surface area contributed by atoms with Crippen LogP contribution in [-0.4, -0.2) is 27.4 Å². The molecule has 0 fully saturated rings. The average molecular weight is 322 g/mol. The van der Waals surface area contributed by atoms with Crippen LogP contribution in [-0.2, 0) is 11.3 Å². The molecule has 0 aliphatic heterocycles. The number of rotatable bonds is 4. The lowest BCUT2D eigenvalue weighted by Gasteiger charge is -2.21. The number of amides is 1. The van der Waals surface area contributed by atoms with Crippen molar-refractivity contribution >= 4 is 22.6 Å². The lowest BCUT2D eigenvalue weighted by molar-refractivity contribution is -0.119. The third-order valence-corrected chi connectivity index (χ3v) is 4.35. The van der Waals surface area contributed by atoms with Crippen LogP contribution in [0.2, 0.25) is 0 Å². The fourth-order valence-electron chi connectivity index (χ4n) is 2.85. The van der Waals surface area contributed by atoms with Crippen LogP contribution in [0.1, 0.15) is 23.6 Å². The first-order valence-corrected chi connectivity index (χ1v) is 8.17. The maximum Gasteiger partial charge on any atom is 0.248 e. The van der Waals surface area contributed by atoms with E-state index in [9.17, 15) is 4.79 Å². The Morgan fingerprint density at radius 2 is 1.88 bits per heavy atom. The number of fused-ring (bicyclic) bond motifs is 1. The molecule has 2 aromatic carbocycles. The molecule has 5 heteroatoms. The molecule has 0 saturated heterocycles. The number of aryl methyl sites for hydroxylation is 3. The van der Waals surface area contributed by atoms with E-state index in [1.54, 1.807) is 9.58 Å². The quantitative estimate of drug-likeness (QED) is 0.739. The first-order valence-electron chi connectivity index (χ1n) is 8.17. The van der Waals surface area contributed by atoms with Crippen molar-refractivity contribution in [1.29, 1.82) is 0 Å². The standard InChI is InChI=1S/C19H22N4O/c1-5-22(16-8-6-7-13(2)9-16)19(24)12-23-18-11-15(4)14(3)10-17(18)20-21-23/h6-11H,5,12H2,1-4H3. The molecule has 3 aromatic rings. The van der Waals surface area contributed by atoms with Gasteiger partial charge in [0.05, 0.1) is 5.52 Å². The zero-order valence-electron chi connectivity index (χ0n) is 14.6. The summed E-state index contributed by atoms with van der Waals surface area (Å²) in [5.74, 6) is 0.00753. The van der Waals surface area contributed by atoms with Gasteiger partial charge in [0.1, 0.15) is 12.1 Å². The molecule has 24 heavy (non-hydrogen) atoms. The number of carbonyl (C=O) groups excluding carboxylic acids is 1. The van der Waals surface area contributed by atoms with Gasteiger partial charge in [0.25, 0.3) is 0 Å². The number of hydrogen-bond acceptors (Lipinski definition) is 3. The molecule has 0 aliphatic carbocycles. The minimum absolute atomic E-state index is 0.00753. The van der Waals surface area contributed by atoms with Gasteiger partial charge in [-0.05, 0) is 68.7 Å². The highest BCUT2D eigenvalue weighted by Crippen LogP contribution is 2.19. The summed E-state index contributed by atoms with van der Waals surface area (Å²) in [5.41, 5.74) is 6.12. The van der Waals surface area contributed by atoms with Gasteiger partial charge in [0.2, 0.25) is 5.91 Å². The Balaban J connectivity index is 1.90.